The molecule has 1 N–H and O–H groups in total. The van der Waals surface area contributed by atoms with Gasteiger partial charge in [0.15, 0.2) is 6.79 Å². The number of halogens is 2. The van der Waals surface area contributed by atoms with Crippen LogP contribution in [-0.4, -0.2) is 18.5 Å². The van der Waals surface area contributed by atoms with Gasteiger partial charge in [-0.15, -0.1) is 0 Å². The Hall–Kier alpha value is -1.04. The van der Waals surface area contributed by atoms with Crippen LogP contribution in [0.5, 0.6) is 11.5 Å². The Balaban J connectivity index is 3.02. The van der Waals surface area contributed by atoms with Gasteiger partial charge in [0.25, 0.3) is 0 Å². The van der Waals surface area contributed by atoms with Crippen molar-refractivity contribution in [2.45, 2.75) is 47.0 Å². The molecule has 3 nitrogen and oxygen atoms in total. The molecule has 0 aliphatic carbocycles. The minimum Gasteiger partial charge on any atom is -0.507 e. The molecular weight excluding hydrogens is 460 g/mol. The Morgan fingerprint density at radius 1 is 1.15 bits per heavy atom. The monoisotopic (exact) mass is 486 g/mol. The van der Waals surface area contributed by atoms with Crippen LogP contribution in [0.2, 0.25) is 0 Å². The molecule has 0 aromatic heterocycles. The highest BCUT2D eigenvalue weighted by molar-refractivity contribution is 9.28. The van der Waals surface area contributed by atoms with Gasteiger partial charge in [-0.3, -0.25) is 0 Å². The fourth-order valence-corrected chi connectivity index (χ4v) is 2.85. The molecule has 0 saturated carbocycles. The molecule has 1 aromatic rings. The average molecular weight is 488 g/mol. The van der Waals surface area contributed by atoms with Gasteiger partial charge in [0.2, 0.25) is 0 Å². The van der Waals surface area contributed by atoms with Crippen LogP contribution < -0.4 is 4.74 Å². The molecule has 1 aromatic carbocycles. The van der Waals surface area contributed by atoms with Crippen LogP contribution in [-0.2, 0) is 11.2 Å². The highest BCUT2D eigenvalue weighted by Crippen LogP contribution is 2.35. The second-order valence-electron chi connectivity index (χ2n) is 6.24. The lowest BCUT2D eigenvalue weighted by molar-refractivity contribution is 0.0218. The summed E-state index contributed by atoms with van der Waals surface area (Å²) >= 11 is 6.68. The first-order chi connectivity index (χ1) is 12.3. The highest BCUT2D eigenvalue weighted by Gasteiger charge is 2.12. The van der Waals surface area contributed by atoms with Crippen molar-refractivity contribution in [3.8, 4) is 11.5 Å². The molecule has 0 saturated heterocycles. The molecule has 0 aliphatic rings. The summed E-state index contributed by atoms with van der Waals surface area (Å²) in [6.45, 7) is 9.02. The number of phenolic OH excluding ortho intramolecular Hbond substituents is 1. The topological polar surface area (TPSA) is 38.7 Å². The van der Waals surface area contributed by atoms with Crippen LogP contribution in [0, 0.1) is 0 Å². The molecular formula is C21H28Br2O3. The van der Waals surface area contributed by atoms with E-state index in [9.17, 15) is 5.11 Å². The number of allylic oxidation sites excluding steroid dienone is 4. The van der Waals surface area contributed by atoms with E-state index in [0.29, 0.717) is 18.8 Å². The molecule has 0 aliphatic heterocycles. The molecule has 5 heteroatoms. The summed E-state index contributed by atoms with van der Waals surface area (Å²) in [6, 6.07) is 3.70. The third kappa shape index (κ3) is 8.56. The second-order valence-corrected chi connectivity index (χ2v) is 9.02. The first-order valence-electron chi connectivity index (χ1n) is 8.72. The van der Waals surface area contributed by atoms with Crippen LogP contribution in [0.15, 0.2) is 38.8 Å². The van der Waals surface area contributed by atoms with E-state index in [1.807, 2.05) is 25.1 Å². The third-order valence-electron chi connectivity index (χ3n) is 3.78. The van der Waals surface area contributed by atoms with Crippen molar-refractivity contribution < 1.29 is 14.6 Å². The molecule has 26 heavy (non-hydrogen) atoms. The molecule has 0 bridgehead atoms. The van der Waals surface area contributed by atoms with Crippen molar-refractivity contribution in [3.63, 3.8) is 0 Å². The number of hydrogen-bond acceptors (Lipinski definition) is 3. The minimum absolute atomic E-state index is 0.170. The number of aromatic hydroxyl groups is 1. The Morgan fingerprint density at radius 3 is 2.50 bits per heavy atom. The summed E-state index contributed by atoms with van der Waals surface area (Å²) < 4.78 is 11.7. The van der Waals surface area contributed by atoms with Gasteiger partial charge in [-0.25, -0.2) is 0 Å². The van der Waals surface area contributed by atoms with Gasteiger partial charge in [-0.2, -0.15) is 0 Å². The molecule has 0 radical (unpaired) electrons. The van der Waals surface area contributed by atoms with Crippen molar-refractivity contribution in [2.24, 2.45) is 0 Å². The standard InChI is InChI=1S/C21H28Br2O3/c1-5-25-14-26-19-12-10-17(13-20(22)23)21(24)18(19)11-9-16(4)8-6-7-15(2)3/h7,9-10,12-13,24H,5-6,8,11,14H2,1-4H3. The molecule has 0 amide bonds. The number of hydrogen-bond donors (Lipinski definition) is 1. The van der Waals surface area contributed by atoms with Gasteiger partial charge in [0.05, 0.1) is 3.39 Å². The van der Waals surface area contributed by atoms with Crippen molar-refractivity contribution in [2.75, 3.05) is 13.4 Å². The maximum atomic E-state index is 10.7. The number of phenols is 1. The number of ether oxygens (including phenoxy) is 2. The van der Waals surface area contributed by atoms with E-state index in [2.05, 4.69) is 64.8 Å². The largest absolute Gasteiger partial charge is 0.507 e. The summed E-state index contributed by atoms with van der Waals surface area (Å²) in [6.07, 6.45) is 8.85. The molecule has 0 atom stereocenters. The van der Waals surface area contributed by atoms with Crippen LogP contribution in [0.25, 0.3) is 6.08 Å². The van der Waals surface area contributed by atoms with Crippen LogP contribution in [0.4, 0.5) is 0 Å². The molecule has 1 rings (SSSR count). The third-order valence-corrected chi connectivity index (χ3v) is 4.24. The van der Waals surface area contributed by atoms with Gasteiger partial charge in [-0.1, -0.05) is 23.3 Å². The molecule has 0 unspecified atom stereocenters. The predicted molar refractivity (Wildman–Crippen MR) is 117 cm³/mol. The number of benzene rings is 1. The first-order valence-corrected chi connectivity index (χ1v) is 10.3. The Labute approximate surface area is 174 Å². The lowest BCUT2D eigenvalue weighted by Gasteiger charge is -2.14. The molecule has 0 fully saturated rings. The summed E-state index contributed by atoms with van der Waals surface area (Å²) in [4.78, 5) is 0. The molecule has 144 valence electrons. The van der Waals surface area contributed by atoms with E-state index < -0.39 is 0 Å². The summed E-state index contributed by atoms with van der Waals surface area (Å²) in [5, 5.41) is 10.7. The summed E-state index contributed by atoms with van der Waals surface area (Å²) in [5.74, 6) is 0.871. The van der Waals surface area contributed by atoms with Crippen molar-refractivity contribution >= 4 is 37.9 Å². The van der Waals surface area contributed by atoms with Gasteiger partial charge in [0.1, 0.15) is 11.5 Å². The second kappa shape index (κ2) is 12.4. The Kier molecular flexibility index (Phi) is 10.9. The SMILES string of the molecule is CCOCOc1ccc(C=C(Br)Br)c(O)c1CC=C(C)CCC=C(C)C. The van der Waals surface area contributed by atoms with Gasteiger partial charge >= 0.3 is 0 Å². The zero-order chi connectivity index (χ0) is 19.5. The lowest BCUT2D eigenvalue weighted by Crippen LogP contribution is -2.04. The average Bonchev–Trinajstić information content (AvgIpc) is 2.56. The van der Waals surface area contributed by atoms with E-state index in [-0.39, 0.29) is 12.5 Å². The Bertz CT molecular complexity index is 668. The van der Waals surface area contributed by atoms with E-state index >= 15 is 0 Å². The van der Waals surface area contributed by atoms with E-state index in [4.69, 9.17) is 9.47 Å². The first kappa shape index (κ1) is 23.0. The normalized spacial score (nSPS) is 11.2. The van der Waals surface area contributed by atoms with Gasteiger partial charge < -0.3 is 14.6 Å². The maximum absolute atomic E-state index is 10.7. The van der Waals surface area contributed by atoms with Crippen molar-refractivity contribution in [3.05, 3.63) is 49.9 Å². The zero-order valence-corrected chi connectivity index (χ0v) is 19.1. The fraction of sp³-hybridized carbons (Fsp3) is 0.429. The minimum atomic E-state index is 0.170. The fourth-order valence-electron chi connectivity index (χ4n) is 2.36. The predicted octanol–water partition coefficient (Wildman–Crippen LogP) is 7.09. The quantitative estimate of drug-likeness (QED) is 0.217. The van der Waals surface area contributed by atoms with E-state index in [1.54, 1.807) is 0 Å². The summed E-state index contributed by atoms with van der Waals surface area (Å²) in [5.41, 5.74) is 4.12. The van der Waals surface area contributed by atoms with Crippen molar-refractivity contribution in [1.82, 2.24) is 0 Å². The molecule has 0 heterocycles. The van der Waals surface area contributed by atoms with Crippen LogP contribution >= 0.6 is 31.9 Å². The van der Waals surface area contributed by atoms with E-state index in [0.717, 1.165) is 27.4 Å². The van der Waals surface area contributed by atoms with Crippen molar-refractivity contribution in [1.29, 1.82) is 0 Å². The lowest BCUT2D eigenvalue weighted by atomic mass is 10.0. The maximum Gasteiger partial charge on any atom is 0.189 e. The van der Waals surface area contributed by atoms with Gasteiger partial charge in [-0.05, 0) is 97.0 Å². The van der Waals surface area contributed by atoms with Crippen LogP contribution in [0.1, 0.15) is 51.7 Å². The Morgan fingerprint density at radius 2 is 1.88 bits per heavy atom. The van der Waals surface area contributed by atoms with Crippen LogP contribution in [0.3, 0.4) is 0 Å². The van der Waals surface area contributed by atoms with E-state index in [1.165, 1.54) is 11.1 Å². The molecule has 0 spiro atoms. The summed E-state index contributed by atoms with van der Waals surface area (Å²) in [7, 11) is 0. The highest BCUT2D eigenvalue weighted by atomic mass is 79.9. The smallest absolute Gasteiger partial charge is 0.189 e. The zero-order valence-electron chi connectivity index (χ0n) is 15.9. The van der Waals surface area contributed by atoms with Gasteiger partial charge in [0, 0.05) is 17.7 Å². The number of rotatable bonds is 10.